The number of anilines is 2. The average molecular weight is 805 g/mol. The molecule has 0 fully saturated rings. The van der Waals surface area contributed by atoms with E-state index in [2.05, 4.69) is 182 Å². The van der Waals surface area contributed by atoms with Crippen molar-refractivity contribution in [2.45, 2.75) is 24.7 Å². The largest absolute Gasteiger partial charge is 0.318 e. The third-order valence-corrected chi connectivity index (χ3v) is 10.6. The van der Waals surface area contributed by atoms with Crippen LogP contribution in [0.25, 0.3) is 11.6 Å². The zero-order valence-electron chi connectivity index (χ0n) is 35.6. The van der Waals surface area contributed by atoms with Gasteiger partial charge in [-0.15, -0.1) is 6.58 Å². The molecular formula is C60H56N2. The van der Waals surface area contributed by atoms with Gasteiger partial charge in [0, 0.05) is 47.0 Å². The van der Waals surface area contributed by atoms with E-state index in [1.807, 2.05) is 103 Å². The molecule has 0 bridgehead atoms. The van der Waals surface area contributed by atoms with Crippen LogP contribution in [0.2, 0.25) is 0 Å². The molecule has 2 unspecified atom stereocenters. The molecule has 2 nitrogen and oxygen atoms in total. The molecule has 0 N–H and O–H groups in total. The molecule has 1 aliphatic rings. The molecule has 0 saturated heterocycles. The molecular weight excluding hydrogens is 749 g/mol. The fourth-order valence-corrected chi connectivity index (χ4v) is 7.05. The predicted octanol–water partition coefficient (Wildman–Crippen LogP) is 16.0. The van der Waals surface area contributed by atoms with Crippen LogP contribution in [-0.2, 0) is 0 Å². The van der Waals surface area contributed by atoms with Gasteiger partial charge in [-0.1, -0.05) is 208 Å². The second kappa shape index (κ2) is 23.2. The van der Waals surface area contributed by atoms with Gasteiger partial charge in [-0.25, -0.2) is 0 Å². The number of benzene rings is 5. The zero-order valence-corrected chi connectivity index (χ0v) is 35.6. The SMILES string of the molecule is C=CC(C/C=C/N(C(=C)/C=C\C(=C\c1ccccc1)C(=C)/C=C\C(=C)N(/C=C/C=C\C(=C)c1ccccc1)c1ccccc1)c1ccc(C2C=CC=CC2)cc1)c1ccccc1. The lowest BCUT2D eigenvalue weighted by atomic mass is 9.92. The normalized spacial score (nSPS) is 14.5. The van der Waals surface area contributed by atoms with Crippen LogP contribution in [0, 0.1) is 0 Å². The Morgan fingerprint density at radius 2 is 1.19 bits per heavy atom. The number of hydrogen-bond acceptors (Lipinski definition) is 2. The molecule has 0 spiro atoms. The molecule has 5 aromatic rings. The van der Waals surface area contributed by atoms with Crippen LogP contribution in [0.1, 0.15) is 46.9 Å². The summed E-state index contributed by atoms with van der Waals surface area (Å²) in [5.74, 6) is 0.570. The van der Waals surface area contributed by atoms with E-state index in [0.29, 0.717) is 5.92 Å². The van der Waals surface area contributed by atoms with E-state index in [1.165, 1.54) is 11.1 Å². The quantitative estimate of drug-likeness (QED) is 0.0571. The second-order valence-corrected chi connectivity index (χ2v) is 15.0. The highest BCUT2D eigenvalue weighted by atomic mass is 15.1. The Hall–Kier alpha value is -7.68. The number of rotatable bonds is 20. The van der Waals surface area contributed by atoms with Gasteiger partial charge >= 0.3 is 0 Å². The van der Waals surface area contributed by atoms with Crippen molar-refractivity contribution in [2.24, 2.45) is 0 Å². The lowest BCUT2D eigenvalue weighted by Gasteiger charge is -2.23. The lowest BCUT2D eigenvalue weighted by molar-refractivity contribution is 0.853. The maximum absolute atomic E-state index is 4.59. The summed E-state index contributed by atoms with van der Waals surface area (Å²) in [6, 6.07) is 50.0. The van der Waals surface area contributed by atoms with Crippen LogP contribution in [0.15, 0.2) is 292 Å². The molecule has 0 aromatic heterocycles. The summed E-state index contributed by atoms with van der Waals surface area (Å²) >= 11 is 0. The molecule has 6 rings (SSSR count). The van der Waals surface area contributed by atoms with Gasteiger partial charge in [0.1, 0.15) is 0 Å². The van der Waals surface area contributed by atoms with Gasteiger partial charge in [0.2, 0.25) is 0 Å². The molecule has 5 aromatic carbocycles. The summed E-state index contributed by atoms with van der Waals surface area (Å²) in [4.78, 5) is 4.21. The van der Waals surface area contributed by atoms with Crippen LogP contribution in [-0.4, -0.2) is 0 Å². The van der Waals surface area contributed by atoms with E-state index in [1.54, 1.807) is 0 Å². The van der Waals surface area contributed by atoms with Gasteiger partial charge in [0.15, 0.2) is 0 Å². The Balaban J connectivity index is 1.25. The Morgan fingerprint density at radius 3 is 1.84 bits per heavy atom. The summed E-state index contributed by atoms with van der Waals surface area (Å²) in [5, 5.41) is 0. The molecule has 62 heavy (non-hydrogen) atoms. The standard InChI is InChI=1S/C60H56N2/c1-6-53(55-30-16-9-17-31-55)34-24-46-62(60-43-41-57(42-44-60)56-32-18-10-19-33-56)51(5)39-40-58(47-52-26-12-7-13-27-52)49(3)37-38-50(4)61(59-35-20-11-21-36-59)45-23-22-25-48(2)54-28-14-8-15-29-54/h6-32,35-47,53,56H,1-5,33-34H2/b25-22-,38-37-,40-39-,45-23+,46-24+,58-47-. The molecule has 0 heterocycles. The van der Waals surface area contributed by atoms with E-state index in [0.717, 1.165) is 63.5 Å². The Labute approximate surface area is 370 Å². The Kier molecular flexibility index (Phi) is 16.4. The van der Waals surface area contributed by atoms with Crippen molar-refractivity contribution >= 4 is 23.0 Å². The minimum Gasteiger partial charge on any atom is -0.318 e. The molecule has 2 heteroatoms. The van der Waals surface area contributed by atoms with Crippen molar-refractivity contribution in [3.8, 4) is 0 Å². The molecule has 2 atom stereocenters. The fraction of sp³-hybridized carbons (Fsp3) is 0.0667. The summed E-state index contributed by atoms with van der Waals surface area (Å²) < 4.78 is 0. The van der Waals surface area contributed by atoms with Crippen molar-refractivity contribution < 1.29 is 0 Å². The number of nitrogens with zero attached hydrogens (tertiary/aromatic N) is 2. The van der Waals surface area contributed by atoms with Crippen molar-refractivity contribution in [2.75, 3.05) is 9.80 Å². The Bertz CT molecular complexity index is 2520. The molecule has 0 saturated carbocycles. The summed E-state index contributed by atoms with van der Waals surface area (Å²) in [7, 11) is 0. The first-order chi connectivity index (χ1) is 30.4. The third kappa shape index (κ3) is 12.9. The lowest BCUT2D eigenvalue weighted by Crippen LogP contribution is -2.13. The van der Waals surface area contributed by atoms with Crippen molar-refractivity contribution in [1.82, 2.24) is 0 Å². The minimum atomic E-state index is 0.196. The van der Waals surface area contributed by atoms with E-state index < -0.39 is 0 Å². The van der Waals surface area contributed by atoms with E-state index >= 15 is 0 Å². The zero-order chi connectivity index (χ0) is 43.4. The minimum absolute atomic E-state index is 0.196. The molecule has 306 valence electrons. The first kappa shape index (κ1) is 43.9. The smallest absolute Gasteiger partial charge is 0.0455 e. The van der Waals surface area contributed by atoms with Gasteiger partial charge < -0.3 is 9.80 Å². The van der Waals surface area contributed by atoms with Crippen molar-refractivity contribution in [3.63, 3.8) is 0 Å². The third-order valence-electron chi connectivity index (χ3n) is 10.6. The topological polar surface area (TPSA) is 6.48 Å². The highest BCUT2D eigenvalue weighted by molar-refractivity contribution is 5.72. The highest BCUT2D eigenvalue weighted by Gasteiger charge is 2.12. The monoisotopic (exact) mass is 804 g/mol. The van der Waals surface area contributed by atoms with Gasteiger partial charge in [0.05, 0.1) is 0 Å². The summed E-state index contributed by atoms with van der Waals surface area (Å²) in [6.07, 6.45) is 35.2. The van der Waals surface area contributed by atoms with Gasteiger partial charge in [0.25, 0.3) is 0 Å². The summed E-state index contributed by atoms with van der Waals surface area (Å²) in [6.45, 7) is 22.0. The van der Waals surface area contributed by atoms with E-state index in [9.17, 15) is 0 Å². The Morgan fingerprint density at radius 1 is 0.597 bits per heavy atom. The highest BCUT2D eigenvalue weighted by Crippen LogP contribution is 2.30. The van der Waals surface area contributed by atoms with Crippen LogP contribution >= 0.6 is 0 Å². The second-order valence-electron chi connectivity index (χ2n) is 15.0. The van der Waals surface area contributed by atoms with Gasteiger partial charge in [-0.05, 0) is 100 Å². The van der Waals surface area contributed by atoms with Gasteiger partial charge in [-0.2, -0.15) is 0 Å². The number of hydrogen-bond donors (Lipinski definition) is 0. The maximum Gasteiger partial charge on any atom is 0.0455 e. The molecule has 0 aliphatic heterocycles. The molecule has 1 aliphatic carbocycles. The average Bonchev–Trinajstić information content (AvgIpc) is 3.33. The van der Waals surface area contributed by atoms with Crippen molar-refractivity contribution in [3.05, 3.63) is 315 Å². The molecule has 0 radical (unpaired) electrons. The predicted molar refractivity (Wildman–Crippen MR) is 270 cm³/mol. The van der Waals surface area contributed by atoms with Crippen LogP contribution < -0.4 is 9.80 Å². The first-order valence-corrected chi connectivity index (χ1v) is 21.1. The fourth-order valence-electron chi connectivity index (χ4n) is 7.05. The van der Waals surface area contributed by atoms with Crippen LogP contribution in [0.3, 0.4) is 0 Å². The van der Waals surface area contributed by atoms with Crippen LogP contribution in [0.5, 0.6) is 0 Å². The van der Waals surface area contributed by atoms with E-state index in [-0.39, 0.29) is 5.92 Å². The van der Waals surface area contributed by atoms with Crippen LogP contribution in [0.4, 0.5) is 11.4 Å². The van der Waals surface area contributed by atoms with E-state index in [4.69, 9.17) is 0 Å². The van der Waals surface area contributed by atoms with Gasteiger partial charge in [-0.3, -0.25) is 0 Å². The number of allylic oxidation sites excluding steroid dienone is 16. The molecule has 0 amide bonds. The summed E-state index contributed by atoms with van der Waals surface area (Å²) in [5.41, 5.74) is 11.0. The first-order valence-electron chi connectivity index (χ1n) is 21.1. The maximum atomic E-state index is 4.59. The number of para-hydroxylation sites is 1. The van der Waals surface area contributed by atoms with Crippen molar-refractivity contribution in [1.29, 1.82) is 0 Å².